The summed E-state index contributed by atoms with van der Waals surface area (Å²) in [5.41, 5.74) is 7.17. The van der Waals surface area contributed by atoms with E-state index in [4.69, 9.17) is 21.3 Å². The number of ether oxygens (including phenoxy) is 1. The van der Waals surface area contributed by atoms with E-state index in [1.807, 2.05) is 18.3 Å². The third-order valence-electron chi connectivity index (χ3n) is 12.3. The van der Waals surface area contributed by atoms with E-state index in [1.165, 1.54) is 55.4 Å². The van der Waals surface area contributed by atoms with Gasteiger partial charge in [-0.3, -0.25) is 19.8 Å². The van der Waals surface area contributed by atoms with Crippen LogP contribution in [-0.4, -0.2) is 88.1 Å². The Morgan fingerprint density at radius 3 is 2.34 bits per heavy atom. The minimum atomic E-state index is -0.408. The van der Waals surface area contributed by atoms with E-state index in [-0.39, 0.29) is 17.9 Å². The fourth-order valence-corrected chi connectivity index (χ4v) is 9.15. The van der Waals surface area contributed by atoms with Crippen LogP contribution in [0.25, 0.3) is 22.2 Å². The summed E-state index contributed by atoms with van der Waals surface area (Å²) in [6, 6.07) is 21.6. The van der Waals surface area contributed by atoms with Crippen molar-refractivity contribution < 1.29 is 18.7 Å². The number of anilines is 3. The number of carbonyl (C=O) groups excluding carboxylic acids is 2. The third kappa shape index (κ3) is 11.7. The summed E-state index contributed by atoms with van der Waals surface area (Å²) in [4.78, 5) is 38.1. The number of halogens is 2. The van der Waals surface area contributed by atoms with Crippen LogP contribution in [0.15, 0.2) is 79.1 Å². The highest BCUT2D eigenvalue weighted by molar-refractivity contribution is 6.30. The zero-order valence-electron chi connectivity index (χ0n) is 35.0. The number of amides is 2. The van der Waals surface area contributed by atoms with Crippen LogP contribution in [0.2, 0.25) is 5.02 Å². The largest absolute Gasteiger partial charge is 0.381 e. The number of nitrogens with zero attached hydrogens (tertiary/aromatic N) is 5. The number of piperidine rings is 1. The van der Waals surface area contributed by atoms with Crippen LogP contribution in [-0.2, 0) is 27.3 Å². The molecule has 1 saturated carbocycles. The number of carbonyl (C=O) groups is 2. The molecule has 1 aliphatic carbocycles. The van der Waals surface area contributed by atoms with Gasteiger partial charge in [0.2, 0.25) is 17.8 Å². The van der Waals surface area contributed by atoms with Gasteiger partial charge in [0.25, 0.3) is 0 Å². The molecule has 3 fully saturated rings. The maximum atomic E-state index is 14.0. The topological polar surface area (TPSA) is 117 Å². The molecule has 8 rings (SSSR count). The van der Waals surface area contributed by atoms with Gasteiger partial charge in [0, 0.05) is 98.1 Å². The normalized spacial score (nSPS) is 18.1. The van der Waals surface area contributed by atoms with Crippen LogP contribution in [0.5, 0.6) is 0 Å². The first-order valence-electron chi connectivity index (χ1n) is 22.2. The summed E-state index contributed by atoms with van der Waals surface area (Å²) in [5, 5.41) is 10.1. The smallest absolute Gasteiger partial charge is 0.249 e. The van der Waals surface area contributed by atoms with Gasteiger partial charge in [-0.15, -0.1) is 0 Å². The fourth-order valence-electron chi connectivity index (χ4n) is 8.93. The van der Waals surface area contributed by atoms with E-state index < -0.39 is 5.82 Å². The highest BCUT2D eigenvalue weighted by Gasteiger charge is 2.26. The summed E-state index contributed by atoms with van der Waals surface area (Å²) >= 11 is 6.11. The van der Waals surface area contributed by atoms with Gasteiger partial charge in [-0.25, -0.2) is 9.37 Å². The number of imide groups is 1. The van der Waals surface area contributed by atoms with E-state index in [2.05, 4.69) is 77.9 Å². The molecule has 322 valence electrons. The second kappa shape index (κ2) is 20.8. The SMILES string of the molecule is O=C1CCC(Nc2ccc(CCCOCCCCCN3CCN(Cc4ccc(-c5cn(C6CCCCC6)c6nc(Nc7cc(F)cc(Cl)c7)ncc56)cc4)CC3)cc2)C(=O)N1. The molecule has 0 radical (unpaired) electrons. The van der Waals surface area contributed by atoms with Crippen LogP contribution in [0.4, 0.5) is 21.7 Å². The van der Waals surface area contributed by atoms with E-state index in [1.54, 1.807) is 6.07 Å². The first-order valence-corrected chi connectivity index (χ1v) is 22.6. The second-order valence-electron chi connectivity index (χ2n) is 16.9. The molecule has 3 aromatic carbocycles. The Bertz CT molecular complexity index is 2220. The van der Waals surface area contributed by atoms with Crippen LogP contribution >= 0.6 is 11.6 Å². The van der Waals surface area contributed by atoms with Gasteiger partial charge in [0.1, 0.15) is 17.5 Å². The summed E-state index contributed by atoms with van der Waals surface area (Å²) in [6.45, 7) is 8.03. The standard InChI is InChI=1S/C48H58ClFN8O3/c49-37-28-38(50)30-40(29-37)53-48-51-31-42-43(33-58(46(42)55-48)41-9-3-1-4-10-41)36-15-11-35(12-16-36)32-57-24-22-56(23-25-57)21-5-2-6-26-61-27-7-8-34-13-17-39(18-14-34)52-44-19-20-45(59)54-47(44)60/h11-18,28-31,33,41,44,52H,1-10,19-27,32H2,(H,51,53,55)(H,54,59,60). The number of fused-ring (bicyclic) bond motifs is 1. The molecule has 2 amide bonds. The van der Waals surface area contributed by atoms with Crippen molar-refractivity contribution >= 4 is 51.8 Å². The monoisotopic (exact) mass is 848 g/mol. The molecule has 3 aliphatic rings. The third-order valence-corrected chi connectivity index (χ3v) is 12.6. The average molecular weight is 849 g/mol. The van der Waals surface area contributed by atoms with Crippen LogP contribution < -0.4 is 16.0 Å². The van der Waals surface area contributed by atoms with Crippen molar-refractivity contribution in [1.29, 1.82) is 0 Å². The Labute approximate surface area is 363 Å². The van der Waals surface area contributed by atoms with Gasteiger partial charge < -0.3 is 24.8 Å². The average Bonchev–Trinajstić information content (AvgIpc) is 3.64. The molecule has 2 aromatic heterocycles. The van der Waals surface area contributed by atoms with Gasteiger partial charge in [0.15, 0.2) is 0 Å². The Hall–Kier alpha value is -4.88. The molecule has 1 atom stereocenters. The zero-order valence-corrected chi connectivity index (χ0v) is 35.8. The predicted molar refractivity (Wildman–Crippen MR) is 241 cm³/mol. The number of aromatic nitrogens is 3. The Morgan fingerprint density at radius 2 is 1.57 bits per heavy atom. The summed E-state index contributed by atoms with van der Waals surface area (Å²) in [7, 11) is 0. The van der Waals surface area contributed by atoms with E-state index in [0.29, 0.717) is 35.5 Å². The summed E-state index contributed by atoms with van der Waals surface area (Å²) in [5.74, 6) is -0.440. The van der Waals surface area contributed by atoms with E-state index >= 15 is 0 Å². The van der Waals surface area contributed by atoms with Crippen molar-refractivity contribution in [3.8, 4) is 11.1 Å². The number of piperazine rings is 1. The number of hydrogen-bond donors (Lipinski definition) is 3. The highest BCUT2D eigenvalue weighted by Crippen LogP contribution is 2.37. The minimum absolute atomic E-state index is 0.200. The Balaban J connectivity index is 0.733. The first kappa shape index (κ1) is 42.8. The molecule has 5 aromatic rings. The zero-order chi connectivity index (χ0) is 42.0. The van der Waals surface area contributed by atoms with Crippen LogP contribution in [0.3, 0.4) is 0 Å². The lowest BCUT2D eigenvalue weighted by Crippen LogP contribution is -2.47. The van der Waals surface area contributed by atoms with Gasteiger partial charge >= 0.3 is 0 Å². The highest BCUT2D eigenvalue weighted by atomic mass is 35.5. The number of rotatable bonds is 18. The van der Waals surface area contributed by atoms with E-state index in [9.17, 15) is 14.0 Å². The number of nitrogens with one attached hydrogen (secondary N) is 3. The molecule has 2 saturated heterocycles. The van der Waals surface area contributed by atoms with Crippen molar-refractivity contribution in [2.45, 2.75) is 95.7 Å². The van der Waals surface area contributed by atoms with Gasteiger partial charge in [-0.1, -0.05) is 67.3 Å². The summed E-state index contributed by atoms with van der Waals surface area (Å²) < 4.78 is 22.3. The molecule has 3 N–H and O–H groups in total. The Morgan fingerprint density at radius 1 is 0.820 bits per heavy atom. The molecule has 61 heavy (non-hydrogen) atoms. The molecule has 1 unspecified atom stereocenters. The molecule has 13 heteroatoms. The molecular formula is C48H58ClFN8O3. The van der Waals surface area contributed by atoms with Crippen molar-refractivity contribution in [3.63, 3.8) is 0 Å². The lowest BCUT2D eigenvalue weighted by atomic mass is 9.95. The lowest BCUT2D eigenvalue weighted by Gasteiger charge is -2.34. The lowest BCUT2D eigenvalue weighted by molar-refractivity contribution is -0.133. The summed E-state index contributed by atoms with van der Waals surface area (Å²) in [6.07, 6.45) is 16.4. The number of hydrogen-bond acceptors (Lipinski definition) is 9. The van der Waals surface area contributed by atoms with Crippen LogP contribution in [0, 0.1) is 5.82 Å². The van der Waals surface area contributed by atoms with Gasteiger partial charge in [-0.2, -0.15) is 4.98 Å². The minimum Gasteiger partial charge on any atom is -0.381 e. The van der Waals surface area contributed by atoms with Crippen molar-refractivity contribution in [1.82, 2.24) is 29.7 Å². The number of unbranched alkanes of at least 4 members (excludes halogenated alkanes) is 2. The van der Waals surface area contributed by atoms with Crippen molar-refractivity contribution in [3.05, 3.63) is 101 Å². The van der Waals surface area contributed by atoms with E-state index in [0.717, 1.165) is 112 Å². The number of aryl methyl sites for hydroxylation is 1. The molecule has 11 nitrogen and oxygen atoms in total. The number of benzene rings is 3. The van der Waals surface area contributed by atoms with Crippen molar-refractivity contribution in [2.24, 2.45) is 0 Å². The molecular weight excluding hydrogens is 791 g/mol. The maximum Gasteiger partial charge on any atom is 0.249 e. The molecule has 0 bridgehead atoms. The van der Waals surface area contributed by atoms with Crippen molar-refractivity contribution in [2.75, 3.05) is 56.6 Å². The fraction of sp³-hybridized carbons (Fsp3) is 0.458. The van der Waals surface area contributed by atoms with Gasteiger partial charge in [-0.05, 0) is 105 Å². The first-order chi connectivity index (χ1) is 29.8. The quantitative estimate of drug-likeness (QED) is 0.0586. The Kier molecular flexibility index (Phi) is 14.6. The molecule has 4 heterocycles. The predicted octanol–water partition coefficient (Wildman–Crippen LogP) is 9.29. The van der Waals surface area contributed by atoms with Crippen LogP contribution in [0.1, 0.15) is 87.8 Å². The van der Waals surface area contributed by atoms with Gasteiger partial charge in [0.05, 0.1) is 0 Å². The molecule has 2 aliphatic heterocycles. The second-order valence-corrected chi connectivity index (χ2v) is 17.3. The maximum absolute atomic E-state index is 14.0. The molecule has 0 spiro atoms.